The minimum Gasteiger partial charge on any atom is -0.481 e. The summed E-state index contributed by atoms with van der Waals surface area (Å²) in [6, 6.07) is 9.55. The fourth-order valence-electron chi connectivity index (χ4n) is 2.79. The molecule has 2 aromatic rings. The quantitative estimate of drug-likeness (QED) is 0.856. The number of aliphatic carboxylic acids is 1. The number of benzene rings is 1. The molecule has 25 heavy (non-hydrogen) atoms. The lowest BCUT2D eigenvalue weighted by atomic mass is 9.80. The van der Waals surface area contributed by atoms with Crippen LogP contribution in [0.25, 0.3) is 10.4 Å². The molecule has 1 aromatic heterocycles. The summed E-state index contributed by atoms with van der Waals surface area (Å²) >= 11 is 1.29. The molecule has 0 unspecified atom stereocenters. The van der Waals surface area contributed by atoms with E-state index in [1.807, 2.05) is 0 Å². The van der Waals surface area contributed by atoms with Crippen LogP contribution in [0.4, 0.5) is 4.39 Å². The molecule has 0 aliphatic carbocycles. The number of amides is 1. The van der Waals surface area contributed by atoms with Crippen LogP contribution in [0.5, 0.6) is 0 Å². The molecule has 0 bridgehead atoms. The van der Waals surface area contributed by atoms with E-state index in [0.717, 1.165) is 10.4 Å². The first-order valence-electron chi connectivity index (χ1n) is 7.95. The smallest absolute Gasteiger partial charge is 0.311 e. The highest BCUT2D eigenvalue weighted by Crippen LogP contribution is 2.31. The summed E-state index contributed by atoms with van der Waals surface area (Å²) in [5.41, 5.74) is -0.137. The van der Waals surface area contributed by atoms with Crippen LogP contribution in [0.15, 0.2) is 36.4 Å². The zero-order valence-corrected chi connectivity index (χ0v) is 14.3. The van der Waals surface area contributed by atoms with Gasteiger partial charge in [0.25, 0.3) is 5.91 Å². The first kappa shape index (κ1) is 17.6. The second-order valence-corrected chi connectivity index (χ2v) is 7.14. The molecule has 2 heterocycles. The first-order chi connectivity index (χ1) is 12.0. The molecule has 1 fully saturated rings. The number of carbonyl (C=O) groups excluding carboxylic acids is 1. The average molecular weight is 363 g/mol. The van der Waals surface area contributed by atoms with Crippen molar-refractivity contribution in [2.24, 2.45) is 5.41 Å². The Morgan fingerprint density at radius 2 is 1.84 bits per heavy atom. The van der Waals surface area contributed by atoms with Crippen LogP contribution in [0.1, 0.15) is 22.5 Å². The van der Waals surface area contributed by atoms with Gasteiger partial charge in [0.05, 0.1) is 10.3 Å². The van der Waals surface area contributed by atoms with Gasteiger partial charge in [0.1, 0.15) is 5.82 Å². The van der Waals surface area contributed by atoms with Crippen LogP contribution in [0.3, 0.4) is 0 Å². The summed E-state index contributed by atoms with van der Waals surface area (Å²) in [5, 5.41) is 12.3. The predicted molar refractivity (Wildman–Crippen MR) is 92.2 cm³/mol. The molecular weight excluding hydrogens is 345 g/mol. The fourth-order valence-corrected chi connectivity index (χ4v) is 3.72. The highest BCUT2D eigenvalue weighted by Gasteiger charge is 2.40. The summed E-state index contributed by atoms with van der Waals surface area (Å²) in [6.45, 7) is 0.847. The van der Waals surface area contributed by atoms with E-state index in [2.05, 4.69) is 5.32 Å². The van der Waals surface area contributed by atoms with Crippen molar-refractivity contribution in [1.29, 1.82) is 0 Å². The molecule has 1 aliphatic rings. The van der Waals surface area contributed by atoms with Crippen molar-refractivity contribution in [3.63, 3.8) is 0 Å². The molecule has 7 heteroatoms. The molecule has 3 rings (SSSR count). The van der Waals surface area contributed by atoms with Gasteiger partial charge >= 0.3 is 5.97 Å². The predicted octanol–water partition coefficient (Wildman–Crippen LogP) is 3.17. The SMILES string of the molecule is O=C(NCC1(C(=O)O)CCOCC1)c1ccc(-c2ccc(F)cc2)s1. The van der Waals surface area contributed by atoms with Crippen LogP contribution in [0.2, 0.25) is 0 Å². The monoisotopic (exact) mass is 363 g/mol. The molecule has 0 spiro atoms. The van der Waals surface area contributed by atoms with E-state index < -0.39 is 11.4 Å². The van der Waals surface area contributed by atoms with Gasteiger partial charge in [-0.15, -0.1) is 11.3 Å². The topological polar surface area (TPSA) is 75.6 Å². The second kappa shape index (κ2) is 7.33. The third-order valence-electron chi connectivity index (χ3n) is 4.45. The van der Waals surface area contributed by atoms with Gasteiger partial charge in [-0.1, -0.05) is 12.1 Å². The van der Waals surface area contributed by atoms with Gasteiger partial charge in [-0.2, -0.15) is 0 Å². The summed E-state index contributed by atoms with van der Waals surface area (Å²) in [4.78, 5) is 25.3. The average Bonchev–Trinajstić information content (AvgIpc) is 3.11. The molecule has 0 atom stereocenters. The Hall–Kier alpha value is -2.25. The molecule has 2 N–H and O–H groups in total. The Morgan fingerprint density at radius 3 is 2.48 bits per heavy atom. The number of nitrogens with one attached hydrogen (secondary N) is 1. The van der Waals surface area contributed by atoms with Gasteiger partial charge in [0, 0.05) is 24.6 Å². The van der Waals surface area contributed by atoms with Crippen molar-refractivity contribution < 1.29 is 23.8 Å². The van der Waals surface area contributed by atoms with Gasteiger partial charge in [0.2, 0.25) is 0 Å². The molecule has 132 valence electrons. The lowest BCUT2D eigenvalue weighted by Gasteiger charge is -2.33. The summed E-state index contributed by atoms with van der Waals surface area (Å²) in [7, 11) is 0. The van der Waals surface area contributed by atoms with Crippen molar-refractivity contribution in [3.05, 3.63) is 47.1 Å². The van der Waals surface area contributed by atoms with Crippen LogP contribution >= 0.6 is 11.3 Å². The van der Waals surface area contributed by atoms with Crippen molar-refractivity contribution in [2.75, 3.05) is 19.8 Å². The minimum absolute atomic E-state index is 0.0777. The summed E-state index contributed by atoms with van der Waals surface area (Å²) in [6.07, 6.45) is 0.766. The van der Waals surface area contributed by atoms with Crippen molar-refractivity contribution in [2.45, 2.75) is 12.8 Å². The maximum Gasteiger partial charge on any atom is 0.311 e. The number of carboxylic acid groups (broad SMARTS) is 1. The van der Waals surface area contributed by atoms with E-state index in [-0.39, 0.29) is 18.3 Å². The molecular formula is C18H18FNO4S. The van der Waals surface area contributed by atoms with Gasteiger partial charge in [-0.3, -0.25) is 9.59 Å². The Labute approximate surface area is 148 Å². The number of hydrogen-bond donors (Lipinski definition) is 2. The van der Waals surface area contributed by atoms with Gasteiger partial charge < -0.3 is 15.2 Å². The van der Waals surface area contributed by atoms with E-state index in [1.165, 1.54) is 23.5 Å². The highest BCUT2D eigenvalue weighted by molar-refractivity contribution is 7.17. The number of hydrogen-bond acceptors (Lipinski definition) is 4. The van der Waals surface area contributed by atoms with E-state index in [1.54, 1.807) is 24.3 Å². The zero-order valence-electron chi connectivity index (χ0n) is 13.5. The Morgan fingerprint density at radius 1 is 1.16 bits per heavy atom. The van der Waals surface area contributed by atoms with Crippen molar-refractivity contribution in [3.8, 4) is 10.4 Å². The van der Waals surface area contributed by atoms with Crippen LogP contribution in [0, 0.1) is 11.2 Å². The molecule has 1 aliphatic heterocycles. The molecule has 5 nitrogen and oxygen atoms in total. The Kier molecular flexibility index (Phi) is 5.15. The third-order valence-corrected chi connectivity index (χ3v) is 5.58. The molecule has 1 amide bonds. The Balaban J connectivity index is 1.67. The largest absolute Gasteiger partial charge is 0.481 e. The lowest BCUT2D eigenvalue weighted by Crippen LogP contribution is -2.46. The third kappa shape index (κ3) is 3.88. The van der Waals surface area contributed by atoms with Crippen molar-refractivity contribution in [1.82, 2.24) is 5.32 Å². The van der Waals surface area contributed by atoms with Crippen LogP contribution in [-0.2, 0) is 9.53 Å². The van der Waals surface area contributed by atoms with Gasteiger partial charge in [-0.05, 0) is 42.7 Å². The molecule has 1 aromatic carbocycles. The van der Waals surface area contributed by atoms with E-state index in [0.29, 0.717) is 30.9 Å². The number of halogens is 1. The number of thiophene rings is 1. The number of carbonyl (C=O) groups is 2. The number of carboxylic acids is 1. The Bertz CT molecular complexity index is 766. The molecule has 0 radical (unpaired) electrons. The van der Waals surface area contributed by atoms with Gasteiger partial charge in [-0.25, -0.2) is 4.39 Å². The number of ether oxygens (including phenoxy) is 1. The van der Waals surface area contributed by atoms with Crippen molar-refractivity contribution >= 4 is 23.2 Å². The van der Waals surface area contributed by atoms with E-state index in [4.69, 9.17) is 4.74 Å². The summed E-state index contributed by atoms with van der Waals surface area (Å²) in [5.74, 6) is -1.52. The zero-order chi connectivity index (χ0) is 17.9. The summed E-state index contributed by atoms with van der Waals surface area (Å²) < 4.78 is 18.2. The standard InChI is InChI=1S/C18H18FNO4S/c19-13-3-1-12(2-4-13)14-5-6-15(25-14)16(21)20-11-18(17(22)23)7-9-24-10-8-18/h1-6H,7-11H2,(H,20,21)(H,22,23). The van der Waals surface area contributed by atoms with Crippen LogP contribution < -0.4 is 5.32 Å². The van der Waals surface area contributed by atoms with E-state index in [9.17, 15) is 19.1 Å². The molecule has 1 saturated heterocycles. The normalized spacial score (nSPS) is 16.4. The van der Waals surface area contributed by atoms with E-state index >= 15 is 0 Å². The van der Waals surface area contributed by atoms with Crippen LogP contribution in [-0.4, -0.2) is 36.7 Å². The maximum absolute atomic E-state index is 13.0. The first-order valence-corrected chi connectivity index (χ1v) is 8.77. The maximum atomic E-state index is 13.0. The highest BCUT2D eigenvalue weighted by atomic mass is 32.1. The number of rotatable bonds is 5. The lowest BCUT2D eigenvalue weighted by molar-refractivity contribution is -0.154. The fraction of sp³-hybridized carbons (Fsp3) is 0.333. The molecule has 0 saturated carbocycles. The minimum atomic E-state index is -0.967. The second-order valence-electron chi connectivity index (χ2n) is 6.05. The van der Waals surface area contributed by atoms with Gasteiger partial charge in [0.15, 0.2) is 0 Å².